The topological polar surface area (TPSA) is 64.3 Å². The zero-order valence-corrected chi connectivity index (χ0v) is 13.1. The predicted molar refractivity (Wildman–Crippen MR) is 83.0 cm³/mol. The maximum Gasteiger partial charge on any atom is 0.241 e. The molecule has 0 saturated heterocycles. The Morgan fingerprint density at radius 2 is 2.05 bits per heavy atom. The lowest BCUT2D eigenvalue weighted by Crippen LogP contribution is -2.45. The third-order valence-corrected chi connectivity index (χ3v) is 3.07. The molecule has 0 radical (unpaired) electrons. The summed E-state index contributed by atoms with van der Waals surface area (Å²) in [4.78, 5) is 12.2. The zero-order valence-electron chi connectivity index (χ0n) is 13.1. The van der Waals surface area contributed by atoms with Crippen molar-refractivity contribution in [2.75, 3.05) is 11.9 Å². The van der Waals surface area contributed by atoms with Crippen molar-refractivity contribution in [1.29, 1.82) is 0 Å². The number of anilines is 1. The van der Waals surface area contributed by atoms with Crippen molar-refractivity contribution in [2.24, 2.45) is 11.1 Å². The molecule has 0 aliphatic rings. The Morgan fingerprint density at radius 3 is 2.60 bits per heavy atom. The third kappa shape index (κ3) is 4.53. The highest BCUT2D eigenvalue weighted by Crippen LogP contribution is 2.27. The summed E-state index contributed by atoms with van der Waals surface area (Å²) in [6, 6.07) is 5.15. The van der Waals surface area contributed by atoms with E-state index in [1.54, 1.807) is 0 Å². The van der Waals surface area contributed by atoms with Gasteiger partial charge >= 0.3 is 0 Å². The molecule has 0 bridgehead atoms. The zero-order chi connectivity index (χ0) is 15.3. The van der Waals surface area contributed by atoms with Crippen molar-refractivity contribution in [3.05, 3.63) is 23.8 Å². The number of benzene rings is 1. The number of carbonyl (C=O) groups excluding carboxylic acids is 1. The fourth-order valence-electron chi connectivity index (χ4n) is 1.67. The van der Waals surface area contributed by atoms with Crippen LogP contribution in [0, 0.1) is 12.3 Å². The van der Waals surface area contributed by atoms with Crippen LogP contribution >= 0.6 is 0 Å². The number of ether oxygens (including phenoxy) is 1. The lowest BCUT2D eigenvalue weighted by molar-refractivity contribution is -0.119. The van der Waals surface area contributed by atoms with Crippen LogP contribution in [0.15, 0.2) is 18.2 Å². The van der Waals surface area contributed by atoms with Crippen LogP contribution in [0.25, 0.3) is 0 Å². The second-order valence-electron chi connectivity index (χ2n) is 6.18. The Labute approximate surface area is 121 Å². The van der Waals surface area contributed by atoms with Gasteiger partial charge < -0.3 is 15.8 Å². The molecule has 1 aromatic carbocycles. The molecule has 0 saturated carbocycles. The van der Waals surface area contributed by atoms with Crippen molar-refractivity contribution >= 4 is 11.6 Å². The SMILES string of the molecule is CCCOc1cc(C)ccc1NC(=O)C(N)C(C)(C)C. The molecule has 1 aromatic rings. The van der Waals surface area contributed by atoms with Gasteiger partial charge in [-0.25, -0.2) is 0 Å². The van der Waals surface area contributed by atoms with E-state index >= 15 is 0 Å². The summed E-state index contributed by atoms with van der Waals surface area (Å²) in [6.45, 7) is 10.5. The van der Waals surface area contributed by atoms with Crippen LogP contribution in [0.1, 0.15) is 39.7 Å². The summed E-state index contributed by atoms with van der Waals surface area (Å²) in [5, 5.41) is 2.86. The van der Waals surface area contributed by atoms with Crippen LogP contribution in [0.2, 0.25) is 0 Å². The second-order valence-corrected chi connectivity index (χ2v) is 6.18. The van der Waals surface area contributed by atoms with Crippen LogP contribution in [0.4, 0.5) is 5.69 Å². The predicted octanol–water partition coefficient (Wildman–Crippen LogP) is 3.10. The van der Waals surface area contributed by atoms with E-state index in [1.807, 2.05) is 52.8 Å². The van der Waals surface area contributed by atoms with Crippen molar-refractivity contribution in [2.45, 2.75) is 47.1 Å². The molecule has 0 spiro atoms. The normalized spacial score (nSPS) is 12.9. The molecule has 0 aliphatic heterocycles. The highest BCUT2D eigenvalue weighted by Gasteiger charge is 2.27. The molecule has 0 heterocycles. The summed E-state index contributed by atoms with van der Waals surface area (Å²) in [5.41, 5.74) is 7.46. The summed E-state index contributed by atoms with van der Waals surface area (Å²) < 4.78 is 5.68. The minimum Gasteiger partial charge on any atom is -0.491 e. The average molecular weight is 278 g/mol. The third-order valence-electron chi connectivity index (χ3n) is 3.07. The summed E-state index contributed by atoms with van der Waals surface area (Å²) >= 11 is 0. The van der Waals surface area contributed by atoms with Crippen molar-refractivity contribution in [3.63, 3.8) is 0 Å². The Balaban J connectivity index is 2.88. The van der Waals surface area contributed by atoms with E-state index in [-0.39, 0.29) is 11.3 Å². The van der Waals surface area contributed by atoms with Crippen LogP contribution in [-0.2, 0) is 4.79 Å². The quantitative estimate of drug-likeness (QED) is 0.870. The van der Waals surface area contributed by atoms with E-state index in [0.29, 0.717) is 18.0 Å². The standard InChI is InChI=1S/C16H26N2O2/c1-6-9-20-13-10-11(2)7-8-12(13)18-15(19)14(17)16(3,4)5/h7-8,10,14H,6,9,17H2,1-5H3,(H,18,19). The first-order chi connectivity index (χ1) is 9.25. The summed E-state index contributed by atoms with van der Waals surface area (Å²) in [6.07, 6.45) is 0.919. The number of hydrogen-bond acceptors (Lipinski definition) is 3. The van der Waals surface area contributed by atoms with Crippen molar-refractivity contribution in [3.8, 4) is 5.75 Å². The molecule has 3 N–H and O–H groups in total. The fourth-order valence-corrected chi connectivity index (χ4v) is 1.67. The lowest BCUT2D eigenvalue weighted by Gasteiger charge is -2.26. The molecular weight excluding hydrogens is 252 g/mol. The van der Waals surface area contributed by atoms with Gasteiger partial charge in [-0.3, -0.25) is 4.79 Å². The molecule has 112 valence electrons. The molecule has 1 unspecified atom stereocenters. The van der Waals surface area contributed by atoms with Gasteiger partial charge in [0, 0.05) is 0 Å². The van der Waals surface area contributed by atoms with E-state index < -0.39 is 6.04 Å². The van der Waals surface area contributed by atoms with E-state index in [2.05, 4.69) is 5.32 Å². The molecule has 1 amide bonds. The van der Waals surface area contributed by atoms with Gasteiger partial charge in [-0.05, 0) is 36.5 Å². The van der Waals surface area contributed by atoms with Gasteiger partial charge in [0.25, 0.3) is 0 Å². The molecule has 0 fully saturated rings. The van der Waals surface area contributed by atoms with Crippen molar-refractivity contribution in [1.82, 2.24) is 0 Å². The first-order valence-electron chi connectivity index (χ1n) is 7.05. The Kier molecular flexibility index (Phi) is 5.57. The van der Waals surface area contributed by atoms with Crippen molar-refractivity contribution < 1.29 is 9.53 Å². The molecule has 0 aliphatic carbocycles. The average Bonchev–Trinajstić information content (AvgIpc) is 2.36. The molecule has 0 aromatic heterocycles. The minimum absolute atomic E-state index is 0.192. The molecule has 4 nitrogen and oxygen atoms in total. The number of carbonyl (C=O) groups is 1. The summed E-state index contributed by atoms with van der Waals surface area (Å²) in [5.74, 6) is 0.504. The number of amides is 1. The van der Waals surface area contributed by atoms with Crippen LogP contribution in [-0.4, -0.2) is 18.6 Å². The van der Waals surface area contributed by atoms with Gasteiger partial charge in [-0.1, -0.05) is 33.8 Å². The summed E-state index contributed by atoms with van der Waals surface area (Å²) in [7, 11) is 0. The fraction of sp³-hybridized carbons (Fsp3) is 0.562. The largest absolute Gasteiger partial charge is 0.491 e. The van der Waals surface area contributed by atoms with E-state index in [9.17, 15) is 4.79 Å². The van der Waals surface area contributed by atoms with Gasteiger partial charge in [0.2, 0.25) is 5.91 Å². The van der Waals surface area contributed by atoms with Gasteiger partial charge in [0.1, 0.15) is 5.75 Å². The van der Waals surface area contributed by atoms with Gasteiger partial charge in [0.15, 0.2) is 0 Å². The highest BCUT2D eigenvalue weighted by molar-refractivity contribution is 5.96. The lowest BCUT2D eigenvalue weighted by atomic mass is 9.87. The molecular formula is C16H26N2O2. The first kappa shape index (κ1) is 16.5. The number of rotatable bonds is 5. The van der Waals surface area contributed by atoms with Gasteiger partial charge in [0.05, 0.1) is 18.3 Å². The van der Waals surface area contributed by atoms with Gasteiger partial charge in [-0.15, -0.1) is 0 Å². The molecule has 4 heteroatoms. The van der Waals surface area contributed by atoms with E-state index in [4.69, 9.17) is 10.5 Å². The Bertz CT molecular complexity index is 464. The number of nitrogens with two attached hydrogens (primary N) is 1. The Hall–Kier alpha value is -1.55. The second kappa shape index (κ2) is 6.75. The van der Waals surface area contributed by atoms with Crippen LogP contribution in [0.3, 0.4) is 0 Å². The minimum atomic E-state index is -0.567. The molecule has 20 heavy (non-hydrogen) atoms. The van der Waals surface area contributed by atoms with E-state index in [0.717, 1.165) is 12.0 Å². The smallest absolute Gasteiger partial charge is 0.241 e. The Morgan fingerprint density at radius 1 is 1.40 bits per heavy atom. The maximum atomic E-state index is 12.2. The first-order valence-corrected chi connectivity index (χ1v) is 7.05. The van der Waals surface area contributed by atoms with Crippen LogP contribution in [0.5, 0.6) is 5.75 Å². The number of aryl methyl sites for hydroxylation is 1. The molecule has 1 rings (SSSR count). The van der Waals surface area contributed by atoms with E-state index in [1.165, 1.54) is 0 Å². The molecule has 1 atom stereocenters. The van der Waals surface area contributed by atoms with Crippen LogP contribution < -0.4 is 15.8 Å². The monoisotopic (exact) mass is 278 g/mol. The number of nitrogens with one attached hydrogen (secondary N) is 1. The number of hydrogen-bond donors (Lipinski definition) is 2. The van der Waals surface area contributed by atoms with Gasteiger partial charge in [-0.2, -0.15) is 0 Å². The maximum absolute atomic E-state index is 12.2. The highest BCUT2D eigenvalue weighted by atomic mass is 16.5.